The predicted molar refractivity (Wildman–Crippen MR) is 148 cm³/mol. The third-order valence-electron chi connectivity index (χ3n) is 5.12. The summed E-state index contributed by atoms with van der Waals surface area (Å²) in [7, 11) is -1.11. The zero-order valence-electron chi connectivity index (χ0n) is 22.1. The maximum absolute atomic E-state index is 2.37. The van der Waals surface area contributed by atoms with Gasteiger partial charge in [-0.25, -0.2) is 0 Å². The third-order valence-corrected chi connectivity index (χ3v) is 12.9. The molecule has 0 aliphatic carbocycles. The van der Waals surface area contributed by atoms with Crippen LogP contribution in [0.5, 0.6) is 0 Å². The van der Waals surface area contributed by atoms with Crippen LogP contribution in [0.1, 0.15) is 83.1 Å². The standard InChI is InChI=1S/2C14H23P.Pt/c2*1-13(2,3)15(14(4,5)6)12-10-8-7-9-11-12;/h2*7-11H,1-6H3;/p+2. The van der Waals surface area contributed by atoms with E-state index in [1.54, 1.807) is 10.6 Å². The average molecular weight is 642 g/mol. The number of hydrogen-bond acceptors (Lipinski definition) is 0. The molecule has 178 valence electrons. The molecule has 2 aromatic carbocycles. The van der Waals surface area contributed by atoms with Gasteiger partial charge in [-0.1, -0.05) is 36.4 Å². The second-order valence-corrected chi connectivity index (χ2v) is 21.1. The Labute approximate surface area is 211 Å². The molecule has 3 heteroatoms. The molecule has 2 rings (SSSR count). The van der Waals surface area contributed by atoms with Crippen LogP contribution in [0, 0.1) is 0 Å². The zero-order valence-corrected chi connectivity index (χ0v) is 26.4. The average Bonchev–Trinajstić information content (AvgIpc) is 2.52. The van der Waals surface area contributed by atoms with Gasteiger partial charge in [-0.2, -0.15) is 0 Å². The van der Waals surface area contributed by atoms with Crippen LogP contribution in [0.2, 0.25) is 0 Å². The van der Waals surface area contributed by atoms with Crippen LogP contribution in [-0.4, -0.2) is 20.6 Å². The van der Waals surface area contributed by atoms with Crippen LogP contribution in [0.15, 0.2) is 60.7 Å². The fourth-order valence-corrected chi connectivity index (χ4v) is 14.2. The molecule has 0 unspecified atom stereocenters. The monoisotopic (exact) mass is 641 g/mol. The van der Waals surface area contributed by atoms with Crippen molar-refractivity contribution in [3.63, 3.8) is 0 Å². The summed E-state index contributed by atoms with van der Waals surface area (Å²) < 4.78 is 0. The van der Waals surface area contributed by atoms with Gasteiger partial charge in [0.1, 0.15) is 0 Å². The summed E-state index contributed by atoms with van der Waals surface area (Å²) >= 11 is 0. The molecular weight excluding hydrogens is 593 g/mol. The molecule has 0 aromatic heterocycles. The summed E-state index contributed by atoms with van der Waals surface area (Å²) in [4.78, 5) is 0. The summed E-state index contributed by atoms with van der Waals surface area (Å²) in [6.45, 7) is 28.5. The van der Waals surface area contributed by atoms with Crippen LogP contribution in [0.25, 0.3) is 0 Å². The molecule has 0 saturated heterocycles. The molecular formula is C28H48P2Pt+2. The molecule has 0 bridgehead atoms. The smallest absolute Gasteiger partial charge is 0.0620 e. The first kappa shape index (κ1) is 31.0. The summed E-state index contributed by atoms with van der Waals surface area (Å²) in [5.41, 5.74) is 0. The quantitative estimate of drug-likeness (QED) is 0.290. The molecule has 0 atom stereocenters. The molecule has 0 N–H and O–H groups in total. The maximum Gasteiger partial charge on any atom is 0.0925 e. The van der Waals surface area contributed by atoms with E-state index in [1.807, 2.05) is 0 Å². The minimum atomic E-state index is -0.553. The summed E-state index contributed by atoms with van der Waals surface area (Å²) in [5, 5.41) is 4.74. The van der Waals surface area contributed by atoms with E-state index >= 15 is 0 Å². The van der Waals surface area contributed by atoms with Gasteiger partial charge in [0.2, 0.25) is 0 Å². The topological polar surface area (TPSA) is 0 Å². The van der Waals surface area contributed by atoms with E-state index in [0.29, 0.717) is 20.6 Å². The molecule has 2 aromatic rings. The fourth-order valence-electron chi connectivity index (χ4n) is 5.19. The van der Waals surface area contributed by atoms with Gasteiger partial charge in [0.05, 0.1) is 31.2 Å². The second kappa shape index (κ2) is 11.9. The van der Waals surface area contributed by atoms with Crippen molar-refractivity contribution in [2.75, 3.05) is 0 Å². The largest absolute Gasteiger partial charge is 0.0925 e. The van der Waals surface area contributed by atoms with Crippen molar-refractivity contribution in [1.82, 2.24) is 0 Å². The van der Waals surface area contributed by atoms with E-state index < -0.39 is 15.8 Å². The first-order chi connectivity index (χ1) is 13.5. The van der Waals surface area contributed by atoms with Crippen LogP contribution < -0.4 is 10.6 Å². The van der Waals surface area contributed by atoms with E-state index in [4.69, 9.17) is 0 Å². The minimum absolute atomic E-state index is 0. The molecule has 0 amide bonds. The molecule has 0 heterocycles. The van der Waals surface area contributed by atoms with Crippen LogP contribution in [-0.2, 0) is 21.1 Å². The van der Waals surface area contributed by atoms with Crippen molar-refractivity contribution < 1.29 is 21.1 Å². The van der Waals surface area contributed by atoms with Crippen LogP contribution >= 0.6 is 15.8 Å². The number of hydrogen-bond donors (Lipinski definition) is 0. The van der Waals surface area contributed by atoms with Crippen molar-refractivity contribution in [3.8, 4) is 0 Å². The normalized spacial score (nSPS) is 12.8. The Balaban J connectivity index is 0.000000562. The molecule has 0 nitrogen and oxygen atoms in total. The van der Waals surface area contributed by atoms with Crippen LogP contribution in [0.3, 0.4) is 0 Å². The Morgan fingerprint density at radius 1 is 0.387 bits per heavy atom. The summed E-state index contributed by atoms with van der Waals surface area (Å²) in [6.07, 6.45) is 0. The molecule has 0 fully saturated rings. The van der Waals surface area contributed by atoms with Crippen molar-refractivity contribution in [1.29, 1.82) is 0 Å². The van der Waals surface area contributed by atoms with Crippen LogP contribution in [0.4, 0.5) is 0 Å². The minimum Gasteiger partial charge on any atom is -0.0620 e. The van der Waals surface area contributed by atoms with E-state index in [2.05, 4.69) is 144 Å². The van der Waals surface area contributed by atoms with Gasteiger partial charge in [-0.3, -0.25) is 0 Å². The third kappa shape index (κ3) is 10.2. The van der Waals surface area contributed by atoms with Gasteiger partial charge >= 0.3 is 0 Å². The first-order valence-electron chi connectivity index (χ1n) is 11.3. The van der Waals surface area contributed by atoms with E-state index in [1.165, 1.54) is 0 Å². The number of rotatable bonds is 2. The van der Waals surface area contributed by atoms with Crippen molar-refractivity contribution in [3.05, 3.63) is 60.7 Å². The Kier molecular flexibility index (Phi) is 11.9. The van der Waals surface area contributed by atoms with E-state index in [0.717, 1.165) is 0 Å². The van der Waals surface area contributed by atoms with Gasteiger partial charge in [0, 0.05) is 36.9 Å². The Morgan fingerprint density at radius 3 is 0.742 bits per heavy atom. The predicted octanol–water partition coefficient (Wildman–Crippen LogP) is 8.24. The number of benzene rings is 2. The second-order valence-electron chi connectivity index (χ2n) is 12.5. The van der Waals surface area contributed by atoms with Crippen molar-refractivity contribution in [2.45, 2.75) is 104 Å². The Morgan fingerprint density at radius 2 is 0.581 bits per heavy atom. The van der Waals surface area contributed by atoms with Gasteiger partial charge in [0.25, 0.3) is 0 Å². The zero-order chi connectivity index (χ0) is 23.4. The van der Waals surface area contributed by atoms with E-state index in [9.17, 15) is 0 Å². The molecule has 0 saturated carbocycles. The van der Waals surface area contributed by atoms with Gasteiger partial charge in [0.15, 0.2) is 0 Å². The fraction of sp³-hybridized carbons (Fsp3) is 0.571. The first-order valence-corrected chi connectivity index (χ1v) is 14.3. The van der Waals surface area contributed by atoms with E-state index in [-0.39, 0.29) is 21.1 Å². The molecule has 0 aliphatic heterocycles. The SMILES string of the molecule is CC(C)(C)[PH+](c1ccccc1)C(C)(C)C.CC(C)(C)[PH+](c1ccccc1)C(C)(C)C.[Pt]. The Bertz CT molecular complexity index is 647. The van der Waals surface area contributed by atoms with Gasteiger partial charge in [-0.05, 0) is 107 Å². The molecule has 0 radical (unpaired) electrons. The maximum atomic E-state index is 2.37. The van der Waals surface area contributed by atoms with Crippen molar-refractivity contribution in [2.24, 2.45) is 0 Å². The van der Waals surface area contributed by atoms with Gasteiger partial charge < -0.3 is 0 Å². The van der Waals surface area contributed by atoms with Crippen molar-refractivity contribution >= 4 is 26.5 Å². The Hall–Kier alpha value is -0.0117. The molecule has 0 aliphatic rings. The molecule has 31 heavy (non-hydrogen) atoms. The summed E-state index contributed by atoms with van der Waals surface area (Å²) in [6, 6.07) is 22.1. The molecule has 0 spiro atoms. The summed E-state index contributed by atoms with van der Waals surface area (Å²) in [5.74, 6) is 0. The van der Waals surface area contributed by atoms with Gasteiger partial charge in [-0.15, -0.1) is 0 Å².